The Balaban J connectivity index is 2.94. The zero-order chi connectivity index (χ0) is 9.14. The van der Waals surface area contributed by atoms with Crippen LogP contribution < -0.4 is 5.73 Å². The number of hydrogen-bond acceptors (Lipinski definition) is 3. The molecule has 1 rings (SSSR count). The van der Waals surface area contributed by atoms with Crippen LogP contribution in [0.15, 0.2) is 29.2 Å². The van der Waals surface area contributed by atoms with Gasteiger partial charge < -0.3 is 10.8 Å². The van der Waals surface area contributed by atoms with Gasteiger partial charge in [-0.1, -0.05) is 18.2 Å². The van der Waals surface area contributed by atoms with Crippen molar-refractivity contribution in [3.8, 4) is 0 Å². The van der Waals surface area contributed by atoms with E-state index in [1.165, 1.54) is 0 Å². The zero-order valence-corrected chi connectivity index (χ0v) is 7.83. The van der Waals surface area contributed by atoms with Crippen molar-refractivity contribution in [2.75, 3.05) is 0 Å². The minimum atomic E-state index is -0.543. The number of hydrogen-bond donors (Lipinski definition) is 3. The molecule has 0 saturated carbocycles. The van der Waals surface area contributed by atoms with Gasteiger partial charge in [0.1, 0.15) is 0 Å². The van der Waals surface area contributed by atoms with Gasteiger partial charge in [-0.05, 0) is 18.6 Å². The monoisotopic (exact) mass is 183 g/mol. The zero-order valence-electron chi connectivity index (χ0n) is 6.94. The average molecular weight is 183 g/mol. The van der Waals surface area contributed by atoms with E-state index in [0.29, 0.717) is 0 Å². The summed E-state index contributed by atoms with van der Waals surface area (Å²) < 4.78 is 0. The van der Waals surface area contributed by atoms with Crippen LogP contribution in [0.3, 0.4) is 0 Å². The highest BCUT2D eigenvalue weighted by Gasteiger charge is 2.13. The Morgan fingerprint density at radius 3 is 2.50 bits per heavy atom. The lowest BCUT2D eigenvalue weighted by atomic mass is 10.0. The largest absolute Gasteiger partial charge is 0.391 e. The van der Waals surface area contributed by atoms with Gasteiger partial charge in [-0.3, -0.25) is 0 Å². The van der Waals surface area contributed by atoms with Crippen molar-refractivity contribution in [2.45, 2.75) is 24.0 Å². The molecule has 0 fully saturated rings. The number of nitrogens with two attached hydrogens (primary N) is 1. The molecule has 1 aromatic rings. The minimum absolute atomic E-state index is 0.348. The molecule has 2 atom stereocenters. The number of rotatable bonds is 2. The fraction of sp³-hybridized carbons (Fsp3) is 0.333. The normalized spacial score (nSPS) is 15.7. The molecule has 0 amide bonds. The molecule has 0 heterocycles. The lowest BCUT2D eigenvalue weighted by Gasteiger charge is -2.16. The van der Waals surface area contributed by atoms with Gasteiger partial charge in [0.05, 0.1) is 12.1 Å². The van der Waals surface area contributed by atoms with Crippen LogP contribution in [0.5, 0.6) is 0 Å². The fourth-order valence-corrected chi connectivity index (χ4v) is 1.34. The summed E-state index contributed by atoms with van der Waals surface area (Å²) in [6.07, 6.45) is -0.543. The molecule has 0 saturated heterocycles. The Kier molecular flexibility index (Phi) is 3.14. The van der Waals surface area contributed by atoms with E-state index in [-0.39, 0.29) is 6.04 Å². The molecule has 3 heteroatoms. The van der Waals surface area contributed by atoms with Gasteiger partial charge in [-0.25, -0.2) is 0 Å². The molecule has 2 nitrogen and oxygen atoms in total. The molecule has 2 unspecified atom stereocenters. The van der Waals surface area contributed by atoms with Gasteiger partial charge in [0.25, 0.3) is 0 Å². The first-order valence-corrected chi connectivity index (χ1v) is 4.29. The predicted molar refractivity (Wildman–Crippen MR) is 52.3 cm³/mol. The summed E-state index contributed by atoms with van der Waals surface area (Å²) >= 11 is 4.24. The van der Waals surface area contributed by atoms with E-state index in [0.717, 1.165) is 10.5 Å². The highest BCUT2D eigenvalue weighted by molar-refractivity contribution is 7.80. The SMILES string of the molecule is CC(O)C(N)c1ccccc1S. The van der Waals surface area contributed by atoms with Gasteiger partial charge in [0, 0.05) is 4.90 Å². The quantitative estimate of drug-likeness (QED) is 0.606. The highest BCUT2D eigenvalue weighted by Crippen LogP contribution is 2.21. The average Bonchev–Trinajstić information content (AvgIpc) is 2.04. The van der Waals surface area contributed by atoms with Crippen molar-refractivity contribution in [3.05, 3.63) is 29.8 Å². The van der Waals surface area contributed by atoms with Gasteiger partial charge in [0.15, 0.2) is 0 Å². The fourth-order valence-electron chi connectivity index (χ4n) is 1.03. The molecule has 66 valence electrons. The van der Waals surface area contributed by atoms with E-state index in [1.807, 2.05) is 24.3 Å². The lowest BCUT2D eigenvalue weighted by Crippen LogP contribution is -2.23. The Labute approximate surface area is 77.8 Å². The van der Waals surface area contributed by atoms with Gasteiger partial charge in [-0.2, -0.15) is 0 Å². The van der Waals surface area contributed by atoms with Crippen LogP contribution in [0.1, 0.15) is 18.5 Å². The number of aliphatic hydroxyl groups is 1. The van der Waals surface area contributed by atoms with Gasteiger partial charge >= 0.3 is 0 Å². The summed E-state index contributed by atoms with van der Waals surface area (Å²) in [6, 6.07) is 7.16. The molecule has 0 radical (unpaired) electrons. The van der Waals surface area contributed by atoms with Crippen molar-refractivity contribution in [3.63, 3.8) is 0 Å². The Morgan fingerprint density at radius 2 is 2.00 bits per heavy atom. The predicted octanol–water partition coefficient (Wildman–Crippen LogP) is 1.36. The first kappa shape index (κ1) is 9.58. The third-order valence-corrected chi connectivity index (χ3v) is 2.22. The summed E-state index contributed by atoms with van der Waals surface area (Å²) in [4.78, 5) is 0.825. The smallest absolute Gasteiger partial charge is 0.0705 e. The molecular formula is C9H13NOS. The Bertz CT molecular complexity index is 262. The standard InChI is InChI=1S/C9H13NOS/c1-6(11)9(10)7-4-2-3-5-8(7)12/h2-6,9,11-12H,10H2,1H3. The molecular weight excluding hydrogens is 170 g/mol. The molecule has 0 spiro atoms. The molecule has 1 aromatic carbocycles. The summed E-state index contributed by atoms with van der Waals surface area (Å²) in [5.41, 5.74) is 6.62. The summed E-state index contributed by atoms with van der Waals surface area (Å²) in [5.74, 6) is 0. The maximum absolute atomic E-state index is 9.24. The summed E-state index contributed by atoms with van der Waals surface area (Å²) in [7, 11) is 0. The van der Waals surface area contributed by atoms with Crippen molar-refractivity contribution >= 4 is 12.6 Å². The van der Waals surface area contributed by atoms with Crippen LogP contribution in [0.2, 0.25) is 0 Å². The van der Waals surface area contributed by atoms with Crippen LogP contribution in [0.4, 0.5) is 0 Å². The van der Waals surface area contributed by atoms with Crippen LogP contribution in [-0.4, -0.2) is 11.2 Å². The third-order valence-electron chi connectivity index (χ3n) is 1.82. The summed E-state index contributed by atoms with van der Waals surface area (Å²) in [5, 5.41) is 9.24. The maximum Gasteiger partial charge on any atom is 0.0705 e. The van der Waals surface area contributed by atoms with E-state index in [2.05, 4.69) is 12.6 Å². The van der Waals surface area contributed by atoms with E-state index < -0.39 is 6.10 Å². The van der Waals surface area contributed by atoms with Gasteiger partial charge in [0.2, 0.25) is 0 Å². The second-order valence-corrected chi connectivity index (χ2v) is 3.31. The topological polar surface area (TPSA) is 46.2 Å². The maximum atomic E-state index is 9.24. The first-order chi connectivity index (χ1) is 5.63. The second-order valence-electron chi connectivity index (χ2n) is 2.83. The van der Waals surface area contributed by atoms with E-state index >= 15 is 0 Å². The molecule has 3 N–H and O–H groups in total. The lowest BCUT2D eigenvalue weighted by molar-refractivity contribution is 0.163. The molecule has 0 bridgehead atoms. The van der Waals surface area contributed by atoms with Crippen molar-refractivity contribution in [2.24, 2.45) is 5.73 Å². The number of benzene rings is 1. The third kappa shape index (κ3) is 2.00. The van der Waals surface area contributed by atoms with Crippen molar-refractivity contribution in [1.82, 2.24) is 0 Å². The van der Waals surface area contributed by atoms with Crippen LogP contribution >= 0.6 is 12.6 Å². The van der Waals surface area contributed by atoms with Crippen molar-refractivity contribution < 1.29 is 5.11 Å². The molecule has 0 aliphatic rings. The van der Waals surface area contributed by atoms with Crippen LogP contribution in [-0.2, 0) is 0 Å². The summed E-state index contributed by atoms with van der Waals surface area (Å²) in [6.45, 7) is 1.67. The molecule has 0 aromatic heterocycles. The van der Waals surface area contributed by atoms with E-state index in [9.17, 15) is 5.11 Å². The Morgan fingerprint density at radius 1 is 1.42 bits per heavy atom. The molecule has 0 aliphatic carbocycles. The van der Waals surface area contributed by atoms with E-state index in [4.69, 9.17) is 5.73 Å². The molecule has 12 heavy (non-hydrogen) atoms. The highest BCUT2D eigenvalue weighted by atomic mass is 32.1. The second kappa shape index (κ2) is 3.94. The van der Waals surface area contributed by atoms with Crippen LogP contribution in [0.25, 0.3) is 0 Å². The number of thiol groups is 1. The van der Waals surface area contributed by atoms with Crippen molar-refractivity contribution in [1.29, 1.82) is 0 Å². The first-order valence-electron chi connectivity index (χ1n) is 3.84. The van der Waals surface area contributed by atoms with Crippen LogP contribution in [0, 0.1) is 0 Å². The Hall–Kier alpha value is -0.510. The van der Waals surface area contributed by atoms with E-state index in [1.54, 1.807) is 6.92 Å². The van der Waals surface area contributed by atoms with Gasteiger partial charge in [-0.15, -0.1) is 12.6 Å². The minimum Gasteiger partial charge on any atom is -0.391 e. The molecule has 0 aliphatic heterocycles. The number of aliphatic hydroxyl groups excluding tert-OH is 1.